The van der Waals surface area contributed by atoms with Crippen LogP contribution in [0.2, 0.25) is 5.02 Å². The van der Waals surface area contributed by atoms with Crippen LogP contribution in [0.15, 0.2) is 36.4 Å². The van der Waals surface area contributed by atoms with Gasteiger partial charge in [0.25, 0.3) is 0 Å². The fraction of sp³-hybridized carbons (Fsp3) is 0.0714. The maximum absolute atomic E-state index is 13.6. The molecule has 0 bridgehead atoms. The number of H-pyrrole nitrogens is 1. The van der Waals surface area contributed by atoms with Crippen molar-refractivity contribution < 1.29 is 8.78 Å². The molecule has 0 radical (unpaired) electrons. The van der Waals surface area contributed by atoms with Crippen molar-refractivity contribution in [1.82, 2.24) is 9.97 Å². The molecular weight excluding hydrogens is 270 g/mol. The van der Waals surface area contributed by atoms with E-state index in [0.717, 1.165) is 5.52 Å². The normalized spacial score (nSPS) is 11.1. The van der Waals surface area contributed by atoms with Crippen LogP contribution in [0.25, 0.3) is 11.0 Å². The van der Waals surface area contributed by atoms with E-state index in [0.29, 0.717) is 16.4 Å². The largest absolute Gasteiger partial charge is 0.342 e. The molecule has 0 saturated carbocycles. The van der Waals surface area contributed by atoms with E-state index < -0.39 is 11.6 Å². The van der Waals surface area contributed by atoms with E-state index in [4.69, 9.17) is 11.6 Å². The lowest BCUT2D eigenvalue weighted by Crippen LogP contribution is -1.98. The average Bonchev–Trinajstić information content (AvgIpc) is 2.78. The lowest BCUT2D eigenvalue weighted by molar-refractivity contribution is 0.559. The summed E-state index contributed by atoms with van der Waals surface area (Å²) in [5.41, 5.74) is 1.35. The van der Waals surface area contributed by atoms with E-state index in [2.05, 4.69) is 9.97 Å². The molecule has 0 amide bonds. The van der Waals surface area contributed by atoms with Crippen molar-refractivity contribution in [1.29, 1.82) is 0 Å². The lowest BCUT2D eigenvalue weighted by Gasteiger charge is -2.01. The predicted molar refractivity (Wildman–Crippen MR) is 70.3 cm³/mol. The highest BCUT2D eigenvalue weighted by atomic mass is 35.5. The Kier molecular flexibility index (Phi) is 2.95. The molecule has 19 heavy (non-hydrogen) atoms. The number of halogens is 3. The van der Waals surface area contributed by atoms with Crippen LogP contribution in [-0.4, -0.2) is 9.97 Å². The summed E-state index contributed by atoms with van der Waals surface area (Å²) in [4.78, 5) is 7.28. The van der Waals surface area contributed by atoms with Crippen LogP contribution in [0.4, 0.5) is 8.78 Å². The molecule has 0 saturated heterocycles. The summed E-state index contributed by atoms with van der Waals surface area (Å²) in [7, 11) is 0. The Bertz CT molecular complexity index is 732. The minimum Gasteiger partial charge on any atom is -0.342 e. The molecule has 0 aliphatic carbocycles. The Balaban J connectivity index is 2.04. The number of aromatic nitrogens is 2. The van der Waals surface area contributed by atoms with Crippen molar-refractivity contribution in [2.75, 3.05) is 0 Å². The first-order valence-electron chi connectivity index (χ1n) is 5.71. The van der Waals surface area contributed by atoms with E-state index in [1.807, 2.05) is 6.07 Å². The molecule has 2 aromatic carbocycles. The topological polar surface area (TPSA) is 28.7 Å². The van der Waals surface area contributed by atoms with E-state index in [1.165, 1.54) is 18.2 Å². The first-order chi connectivity index (χ1) is 9.15. The van der Waals surface area contributed by atoms with Crippen molar-refractivity contribution in [3.05, 3.63) is 64.4 Å². The molecule has 0 aliphatic rings. The Morgan fingerprint density at radius 3 is 2.42 bits per heavy atom. The SMILES string of the molecule is Fc1cccc(F)c1Cc1nc2c(Cl)cccc2[nH]1. The van der Waals surface area contributed by atoms with Crippen molar-refractivity contribution >= 4 is 22.6 Å². The van der Waals surface area contributed by atoms with Gasteiger partial charge in [0.15, 0.2) is 0 Å². The molecular formula is C14H9ClF2N2. The third-order valence-corrected chi connectivity index (χ3v) is 3.22. The van der Waals surface area contributed by atoms with Gasteiger partial charge in [-0.1, -0.05) is 23.7 Å². The maximum atomic E-state index is 13.6. The predicted octanol–water partition coefficient (Wildman–Crippen LogP) is 4.09. The zero-order valence-corrected chi connectivity index (χ0v) is 10.5. The molecule has 1 heterocycles. The summed E-state index contributed by atoms with van der Waals surface area (Å²) < 4.78 is 27.1. The van der Waals surface area contributed by atoms with Gasteiger partial charge in [0.2, 0.25) is 0 Å². The second-order valence-electron chi connectivity index (χ2n) is 4.20. The number of imidazole rings is 1. The summed E-state index contributed by atoms with van der Waals surface area (Å²) in [5.74, 6) is -0.676. The van der Waals surface area contributed by atoms with Gasteiger partial charge in [-0.3, -0.25) is 0 Å². The highest BCUT2D eigenvalue weighted by molar-refractivity contribution is 6.34. The van der Waals surface area contributed by atoms with Gasteiger partial charge >= 0.3 is 0 Å². The van der Waals surface area contributed by atoms with Gasteiger partial charge < -0.3 is 4.98 Å². The van der Waals surface area contributed by atoms with Crippen LogP contribution in [0.5, 0.6) is 0 Å². The summed E-state index contributed by atoms with van der Waals surface area (Å²) in [6.07, 6.45) is 0.0590. The zero-order chi connectivity index (χ0) is 13.4. The van der Waals surface area contributed by atoms with Crippen molar-refractivity contribution in [3.8, 4) is 0 Å². The van der Waals surface area contributed by atoms with Crippen LogP contribution in [0, 0.1) is 11.6 Å². The minimum atomic E-state index is -0.577. The quantitative estimate of drug-likeness (QED) is 0.751. The number of hydrogen-bond acceptors (Lipinski definition) is 1. The van der Waals surface area contributed by atoms with Crippen molar-refractivity contribution in [3.63, 3.8) is 0 Å². The van der Waals surface area contributed by atoms with E-state index in [1.54, 1.807) is 12.1 Å². The second kappa shape index (κ2) is 4.63. The number of para-hydroxylation sites is 1. The Morgan fingerprint density at radius 2 is 1.74 bits per heavy atom. The van der Waals surface area contributed by atoms with Crippen LogP contribution in [0.1, 0.15) is 11.4 Å². The van der Waals surface area contributed by atoms with Crippen LogP contribution in [0.3, 0.4) is 0 Å². The summed E-state index contributed by atoms with van der Waals surface area (Å²) in [6.45, 7) is 0. The highest BCUT2D eigenvalue weighted by Crippen LogP contribution is 2.23. The molecule has 0 atom stereocenters. The molecule has 3 aromatic rings. The number of nitrogens with zero attached hydrogens (tertiary/aromatic N) is 1. The smallest absolute Gasteiger partial charge is 0.129 e. The maximum Gasteiger partial charge on any atom is 0.129 e. The molecule has 1 aromatic heterocycles. The van der Waals surface area contributed by atoms with E-state index in [-0.39, 0.29) is 12.0 Å². The monoisotopic (exact) mass is 278 g/mol. The zero-order valence-electron chi connectivity index (χ0n) is 9.75. The van der Waals surface area contributed by atoms with Crippen molar-refractivity contribution in [2.24, 2.45) is 0 Å². The Morgan fingerprint density at radius 1 is 1.05 bits per heavy atom. The van der Waals surface area contributed by atoms with Gasteiger partial charge in [-0.05, 0) is 24.3 Å². The molecule has 0 spiro atoms. The molecule has 0 unspecified atom stereocenters. The third kappa shape index (κ3) is 2.19. The second-order valence-corrected chi connectivity index (χ2v) is 4.60. The Labute approximate surface area is 113 Å². The average molecular weight is 279 g/mol. The minimum absolute atomic E-state index is 0.00215. The first-order valence-corrected chi connectivity index (χ1v) is 6.09. The van der Waals surface area contributed by atoms with Gasteiger partial charge in [-0.25, -0.2) is 13.8 Å². The molecule has 96 valence electrons. The number of fused-ring (bicyclic) bond motifs is 1. The molecule has 0 fully saturated rings. The number of hydrogen-bond donors (Lipinski definition) is 1. The van der Waals surface area contributed by atoms with Crippen molar-refractivity contribution in [2.45, 2.75) is 6.42 Å². The number of rotatable bonds is 2. The third-order valence-electron chi connectivity index (χ3n) is 2.92. The van der Waals surface area contributed by atoms with E-state index in [9.17, 15) is 8.78 Å². The summed E-state index contributed by atoms with van der Waals surface area (Å²) in [5, 5.41) is 0.508. The van der Waals surface area contributed by atoms with Gasteiger partial charge in [0, 0.05) is 12.0 Å². The summed E-state index contributed by atoms with van der Waals surface area (Å²) in [6, 6.07) is 9.12. The molecule has 2 nitrogen and oxygen atoms in total. The fourth-order valence-electron chi connectivity index (χ4n) is 2.00. The molecule has 5 heteroatoms. The van der Waals surface area contributed by atoms with Gasteiger partial charge in [-0.2, -0.15) is 0 Å². The van der Waals surface area contributed by atoms with Gasteiger partial charge in [0.05, 0.1) is 10.5 Å². The molecule has 0 aliphatic heterocycles. The Hall–Kier alpha value is -1.94. The molecule has 1 N–H and O–H groups in total. The van der Waals surface area contributed by atoms with Crippen LogP contribution < -0.4 is 0 Å². The lowest BCUT2D eigenvalue weighted by atomic mass is 10.1. The van der Waals surface area contributed by atoms with Crippen LogP contribution >= 0.6 is 11.6 Å². The highest BCUT2D eigenvalue weighted by Gasteiger charge is 2.12. The van der Waals surface area contributed by atoms with Gasteiger partial charge in [-0.15, -0.1) is 0 Å². The first kappa shape index (κ1) is 12.1. The number of aromatic amines is 1. The van der Waals surface area contributed by atoms with Crippen LogP contribution in [-0.2, 0) is 6.42 Å². The summed E-state index contributed by atoms with van der Waals surface area (Å²) >= 11 is 6.01. The number of nitrogens with one attached hydrogen (secondary N) is 1. The molecule has 3 rings (SSSR count). The fourth-order valence-corrected chi connectivity index (χ4v) is 2.22. The number of benzene rings is 2. The standard InChI is InChI=1S/C14H9ClF2N2/c15-9-3-1-6-12-14(9)19-13(18-12)7-8-10(16)4-2-5-11(8)17/h1-6H,7H2,(H,18,19). The van der Waals surface area contributed by atoms with E-state index >= 15 is 0 Å². The van der Waals surface area contributed by atoms with Gasteiger partial charge in [0.1, 0.15) is 23.0 Å².